The molecule has 0 radical (unpaired) electrons. The number of benzene rings is 2. The lowest BCUT2D eigenvalue weighted by Gasteiger charge is -2.08. The normalized spacial score (nSPS) is 11.0. The summed E-state index contributed by atoms with van der Waals surface area (Å²) in [6.07, 6.45) is 0. The number of nitrogens with two attached hydrogens (primary N) is 1. The summed E-state index contributed by atoms with van der Waals surface area (Å²) in [6, 6.07) is 19.4. The predicted molar refractivity (Wildman–Crippen MR) is 139 cm³/mol. The number of hydrogen-bond acceptors (Lipinski definition) is 6. The third-order valence-corrected chi connectivity index (χ3v) is 7.44. The minimum absolute atomic E-state index is 0.0781. The number of carboxylic acid groups (broad SMARTS) is 1. The third kappa shape index (κ3) is 4.14. The van der Waals surface area contributed by atoms with Gasteiger partial charge in [-0.1, -0.05) is 35.9 Å². The van der Waals surface area contributed by atoms with Crippen LogP contribution in [0.3, 0.4) is 0 Å². The van der Waals surface area contributed by atoms with Gasteiger partial charge in [-0.2, -0.15) is 0 Å². The van der Waals surface area contributed by atoms with Gasteiger partial charge in [-0.05, 0) is 59.0 Å². The number of nitrogens with one attached hydrogen (secondary N) is 1. The summed E-state index contributed by atoms with van der Waals surface area (Å²) in [5.74, 6) is -1.50. The maximum absolute atomic E-state index is 13.1. The summed E-state index contributed by atoms with van der Waals surface area (Å²) >= 11 is 8.87. The van der Waals surface area contributed by atoms with Crippen molar-refractivity contribution in [3.63, 3.8) is 0 Å². The largest absolute Gasteiger partial charge is 0.478 e. The Morgan fingerprint density at radius 1 is 1.03 bits per heavy atom. The fourth-order valence-corrected chi connectivity index (χ4v) is 5.44. The number of amides is 1. The molecule has 0 aliphatic rings. The molecule has 0 saturated heterocycles. The maximum atomic E-state index is 13.1. The fraction of sp³-hybridized carbons (Fsp3) is 0. The molecule has 0 atom stereocenters. The van der Waals surface area contributed by atoms with Crippen molar-refractivity contribution in [1.82, 2.24) is 4.98 Å². The fourth-order valence-electron chi connectivity index (χ4n) is 3.62. The monoisotopic (exact) mass is 505 g/mol. The molecule has 2 aromatic carbocycles. The zero-order valence-electron chi connectivity index (χ0n) is 17.4. The van der Waals surface area contributed by atoms with E-state index in [9.17, 15) is 14.7 Å². The molecule has 0 unspecified atom stereocenters. The molecular weight excluding hydrogens is 490 g/mol. The number of aromatic nitrogens is 1. The molecule has 0 aliphatic carbocycles. The molecule has 34 heavy (non-hydrogen) atoms. The summed E-state index contributed by atoms with van der Waals surface area (Å²) < 4.78 is 0. The molecule has 0 saturated carbocycles. The van der Waals surface area contributed by atoms with E-state index in [1.54, 1.807) is 35.6 Å². The van der Waals surface area contributed by atoms with Crippen LogP contribution >= 0.6 is 34.3 Å². The standard InChI is InChI=1S/C25H16ClN3O3S2/c26-15-8-6-13(7-9-15)17-12-18(19-5-2-10-33-19)29-24-20(17)21(27)22(34-24)23(30)28-16-4-1-3-14(11-16)25(31)32/h1-12H,27H2,(H,28,30)(H,31,32). The van der Waals surface area contributed by atoms with Crippen LogP contribution in [0.4, 0.5) is 11.4 Å². The molecule has 1 amide bonds. The van der Waals surface area contributed by atoms with E-state index in [4.69, 9.17) is 22.3 Å². The van der Waals surface area contributed by atoms with Crippen LogP contribution in [0.15, 0.2) is 72.1 Å². The quantitative estimate of drug-likeness (QED) is 0.241. The van der Waals surface area contributed by atoms with E-state index in [-0.39, 0.29) is 5.56 Å². The van der Waals surface area contributed by atoms with Crippen LogP contribution in [0.1, 0.15) is 20.0 Å². The topological polar surface area (TPSA) is 105 Å². The summed E-state index contributed by atoms with van der Waals surface area (Å²) in [5.41, 5.74) is 9.81. The van der Waals surface area contributed by atoms with Gasteiger partial charge in [0.25, 0.3) is 5.91 Å². The van der Waals surface area contributed by atoms with E-state index >= 15 is 0 Å². The van der Waals surface area contributed by atoms with Crippen molar-refractivity contribution >= 4 is 67.7 Å². The highest BCUT2D eigenvalue weighted by atomic mass is 35.5. The third-order valence-electron chi connectivity index (χ3n) is 5.20. The number of anilines is 2. The Kier molecular flexibility index (Phi) is 5.79. The molecule has 168 valence electrons. The Bertz CT molecular complexity index is 1540. The summed E-state index contributed by atoms with van der Waals surface area (Å²) in [6.45, 7) is 0. The van der Waals surface area contributed by atoms with Gasteiger partial charge in [0.1, 0.15) is 9.71 Å². The molecule has 0 spiro atoms. The number of halogens is 1. The van der Waals surface area contributed by atoms with Gasteiger partial charge in [0.15, 0.2) is 0 Å². The number of carbonyl (C=O) groups is 2. The minimum atomic E-state index is -1.07. The van der Waals surface area contributed by atoms with Crippen LogP contribution in [0, 0.1) is 0 Å². The Morgan fingerprint density at radius 2 is 1.82 bits per heavy atom. The van der Waals surface area contributed by atoms with Crippen molar-refractivity contribution in [2.75, 3.05) is 11.1 Å². The molecule has 3 aromatic heterocycles. The maximum Gasteiger partial charge on any atom is 0.335 e. The number of carboxylic acids is 1. The van der Waals surface area contributed by atoms with E-state index in [0.717, 1.165) is 21.7 Å². The molecule has 4 N–H and O–H groups in total. The van der Waals surface area contributed by atoms with Gasteiger partial charge in [0.05, 0.1) is 21.8 Å². The minimum Gasteiger partial charge on any atom is -0.478 e. The molecule has 0 aliphatic heterocycles. The first-order chi connectivity index (χ1) is 16.4. The number of rotatable bonds is 5. The average molecular weight is 506 g/mol. The van der Waals surface area contributed by atoms with Crippen LogP contribution < -0.4 is 11.1 Å². The van der Waals surface area contributed by atoms with E-state index in [1.807, 2.05) is 35.7 Å². The summed E-state index contributed by atoms with van der Waals surface area (Å²) in [4.78, 5) is 31.1. The predicted octanol–water partition coefficient (Wildman–Crippen LogP) is 6.88. The van der Waals surface area contributed by atoms with Crippen molar-refractivity contribution in [1.29, 1.82) is 0 Å². The number of pyridine rings is 1. The van der Waals surface area contributed by atoms with Gasteiger partial charge < -0.3 is 16.2 Å². The second kappa shape index (κ2) is 8.90. The number of aromatic carboxylic acids is 1. The second-order valence-corrected chi connectivity index (χ2v) is 9.79. The van der Waals surface area contributed by atoms with E-state index in [0.29, 0.717) is 31.5 Å². The number of carbonyl (C=O) groups excluding carboxylic acids is 1. The average Bonchev–Trinajstić information content (AvgIpc) is 3.48. The number of hydrogen-bond donors (Lipinski definition) is 3. The Hall–Kier alpha value is -3.72. The van der Waals surface area contributed by atoms with Crippen LogP contribution in [0.25, 0.3) is 31.9 Å². The highest BCUT2D eigenvalue weighted by molar-refractivity contribution is 7.21. The van der Waals surface area contributed by atoms with Crippen LogP contribution in [0.2, 0.25) is 5.02 Å². The first kappa shape index (κ1) is 22.1. The van der Waals surface area contributed by atoms with Gasteiger partial charge in [0, 0.05) is 16.1 Å². The Morgan fingerprint density at radius 3 is 2.53 bits per heavy atom. The van der Waals surface area contributed by atoms with Gasteiger partial charge in [-0.3, -0.25) is 4.79 Å². The Balaban J connectivity index is 1.63. The van der Waals surface area contributed by atoms with E-state index in [1.165, 1.54) is 23.5 Å². The molecule has 9 heteroatoms. The highest BCUT2D eigenvalue weighted by Crippen LogP contribution is 2.42. The van der Waals surface area contributed by atoms with Crippen molar-refractivity contribution in [3.8, 4) is 21.7 Å². The molecule has 0 bridgehead atoms. The first-order valence-corrected chi connectivity index (χ1v) is 12.2. The number of nitrogen functional groups attached to an aromatic ring is 1. The zero-order valence-corrected chi connectivity index (χ0v) is 19.8. The van der Waals surface area contributed by atoms with E-state index < -0.39 is 11.9 Å². The van der Waals surface area contributed by atoms with Crippen molar-refractivity contribution in [2.45, 2.75) is 0 Å². The van der Waals surface area contributed by atoms with Crippen molar-refractivity contribution < 1.29 is 14.7 Å². The number of nitrogens with zero attached hydrogens (tertiary/aromatic N) is 1. The first-order valence-electron chi connectivity index (χ1n) is 10.1. The summed E-state index contributed by atoms with van der Waals surface area (Å²) in [5, 5.41) is 15.3. The van der Waals surface area contributed by atoms with Gasteiger partial charge in [0.2, 0.25) is 0 Å². The van der Waals surface area contributed by atoms with Crippen molar-refractivity contribution in [2.24, 2.45) is 0 Å². The number of fused-ring (bicyclic) bond motifs is 1. The smallest absolute Gasteiger partial charge is 0.335 e. The van der Waals surface area contributed by atoms with Crippen LogP contribution in [-0.2, 0) is 0 Å². The lowest BCUT2D eigenvalue weighted by Crippen LogP contribution is -2.12. The lowest BCUT2D eigenvalue weighted by atomic mass is 10.0. The lowest BCUT2D eigenvalue weighted by molar-refractivity contribution is 0.0696. The van der Waals surface area contributed by atoms with Crippen LogP contribution in [0.5, 0.6) is 0 Å². The molecular formula is C25H16ClN3O3S2. The molecule has 5 aromatic rings. The van der Waals surface area contributed by atoms with Gasteiger partial charge in [-0.25, -0.2) is 9.78 Å². The second-order valence-electron chi connectivity index (χ2n) is 7.40. The molecule has 3 heterocycles. The number of thiophene rings is 2. The van der Waals surface area contributed by atoms with Crippen LogP contribution in [-0.4, -0.2) is 22.0 Å². The van der Waals surface area contributed by atoms with Crippen molar-refractivity contribution in [3.05, 3.63) is 87.6 Å². The highest BCUT2D eigenvalue weighted by Gasteiger charge is 2.22. The SMILES string of the molecule is Nc1c(C(=O)Nc2cccc(C(=O)O)c2)sc2nc(-c3cccs3)cc(-c3ccc(Cl)cc3)c12. The van der Waals surface area contributed by atoms with Gasteiger partial charge in [-0.15, -0.1) is 22.7 Å². The van der Waals surface area contributed by atoms with Gasteiger partial charge >= 0.3 is 5.97 Å². The zero-order chi connectivity index (χ0) is 23.8. The molecule has 6 nitrogen and oxygen atoms in total. The Labute approximate surface area is 207 Å². The molecule has 0 fully saturated rings. The molecule has 5 rings (SSSR count). The summed E-state index contributed by atoms with van der Waals surface area (Å²) in [7, 11) is 0. The van der Waals surface area contributed by atoms with E-state index in [2.05, 4.69) is 5.32 Å².